The molecule has 3 aromatic rings. The predicted octanol–water partition coefficient (Wildman–Crippen LogP) is 3.99. The molecule has 0 saturated carbocycles. The number of benzene rings is 2. The Morgan fingerprint density at radius 3 is 2.48 bits per heavy atom. The average Bonchev–Trinajstić information content (AvgIpc) is 3.01. The minimum atomic E-state index is -3.71. The third kappa shape index (κ3) is 4.45. The summed E-state index contributed by atoms with van der Waals surface area (Å²) in [4.78, 5) is 12.8. The van der Waals surface area contributed by atoms with Gasteiger partial charge in [-0.2, -0.15) is 5.10 Å². The molecule has 10 heteroatoms. The second kappa shape index (κ2) is 8.16. The van der Waals surface area contributed by atoms with Crippen LogP contribution in [0.4, 0.5) is 5.82 Å². The van der Waals surface area contributed by atoms with Gasteiger partial charge in [0.1, 0.15) is 5.82 Å². The van der Waals surface area contributed by atoms with E-state index in [0.29, 0.717) is 22.2 Å². The number of amides is 1. The molecule has 1 amide bonds. The van der Waals surface area contributed by atoms with Crippen molar-refractivity contribution in [2.75, 3.05) is 19.4 Å². The van der Waals surface area contributed by atoms with Crippen molar-refractivity contribution in [2.24, 2.45) is 0 Å². The van der Waals surface area contributed by atoms with E-state index in [1.54, 1.807) is 37.3 Å². The van der Waals surface area contributed by atoms with Crippen LogP contribution in [0.15, 0.2) is 53.4 Å². The summed E-state index contributed by atoms with van der Waals surface area (Å²) in [5.74, 6) is -0.166. The number of aromatic nitrogens is 2. The van der Waals surface area contributed by atoms with E-state index in [-0.39, 0.29) is 15.5 Å². The number of hydrogen-bond donors (Lipinski definition) is 1. The maximum absolute atomic E-state index is 12.9. The van der Waals surface area contributed by atoms with Crippen LogP contribution in [0.2, 0.25) is 10.0 Å². The van der Waals surface area contributed by atoms with E-state index >= 15 is 0 Å². The van der Waals surface area contributed by atoms with Gasteiger partial charge in [-0.15, -0.1) is 0 Å². The number of aryl methyl sites for hydroxylation is 1. The van der Waals surface area contributed by atoms with E-state index in [1.807, 2.05) is 0 Å². The molecule has 0 saturated heterocycles. The first-order valence-electron chi connectivity index (χ1n) is 8.45. The van der Waals surface area contributed by atoms with Crippen LogP contribution < -0.4 is 5.32 Å². The van der Waals surface area contributed by atoms with E-state index in [2.05, 4.69) is 10.4 Å². The van der Waals surface area contributed by atoms with Gasteiger partial charge in [0.2, 0.25) is 10.0 Å². The molecule has 0 spiro atoms. The van der Waals surface area contributed by atoms with Crippen LogP contribution in [-0.2, 0) is 10.0 Å². The number of carbonyl (C=O) groups is 1. The van der Waals surface area contributed by atoms with Crippen molar-refractivity contribution >= 4 is 45.0 Å². The van der Waals surface area contributed by atoms with Crippen molar-refractivity contribution in [3.63, 3.8) is 0 Å². The zero-order chi connectivity index (χ0) is 21.3. The first-order chi connectivity index (χ1) is 13.6. The Morgan fingerprint density at radius 2 is 1.83 bits per heavy atom. The van der Waals surface area contributed by atoms with Crippen molar-refractivity contribution in [3.8, 4) is 5.69 Å². The topological polar surface area (TPSA) is 84.3 Å². The highest BCUT2D eigenvalue weighted by molar-refractivity contribution is 7.89. The molecule has 0 bridgehead atoms. The maximum Gasteiger partial charge on any atom is 0.258 e. The number of hydrogen-bond acceptors (Lipinski definition) is 4. The van der Waals surface area contributed by atoms with Gasteiger partial charge in [0.05, 0.1) is 26.9 Å². The summed E-state index contributed by atoms with van der Waals surface area (Å²) in [7, 11) is -0.886. The zero-order valence-electron chi connectivity index (χ0n) is 15.8. The lowest BCUT2D eigenvalue weighted by Gasteiger charge is -2.14. The SMILES string of the molecule is Cc1cc(NC(=O)c2cc(S(=O)(=O)N(C)C)ccc2Cl)n(-c2cccc(Cl)c2)n1. The summed E-state index contributed by atoms with van der Waals surface area (Å²) in [6.07, 6.45) is 0. The molecule has 2 aromatic carbocycles. The molecule has 3 rings (SSSR count). The van der Waals surface area contributed by atoms with Crippen LogP contribution in [-0.4, -0.2) is 42.5 Å². The molecule has 1 heterocycles. The van der Waals surface area contributed by atoms with Crippen LogP contribution in [0.1, 0.15) is 16.1 Å². The van der Waals surface area contributed by atoms with Gasteiger partial charge in [-0.25, -0.2) is 17.4 Å². The van der Waals surface area contributed by atoms with Crippen molar-refractivity contribution in [3.05, 3.63) is 69.8 Å². The molecule has 7 nitrogen and oxygen atoms in total. The molecule has 0 aliphatic carbocycles. The smallest absolute Gasteiger partial charge is 0.258 e. The fourth-order valence-corrected chi connectivity index (χ4v) is 3.94. The van der Waals surface area contributed by atoms with Gasteiger partial charge in [0.25, 0.3) is 5.91 Å². The van der Waals surface area contributed by atoms with Gasteiger partial charge in [-0.1, -0.05) is 29.3 Å². The second-order valence-electron chi connectivity index (χ2n) is 6.45. The van der Waals surface area contributed by atoms with Gasteiger partial charge in [0, 0.05) is 25.2 Å². The number of nitrogens with one attached hydrogen (secondary N) is 1. The standard InChI is InChI=1S/C19H18Cl2N4O3S/c1-12-9-18(25(23-12)14-6-4-5-13(20)10-14)22-19(26)16-11-15(7-8-17(16)21)29(27,28)24(2)3/h4-11H,1-3H3,(H,22,26). The maximum atomic E-state index is 12.9. The van der Waals surface area contributed by atoms with Gasteiger partial charge in [0.15, 0.2) is 0 Å². The van der Waals surface area contributed by atoms with Crippen molar-refractivity contribution in [1.29, 1.82) is 0 Å². The predicted molar refractivity (Wildman–Crippen MR) is 114 cm³/mol. The van der Waals surface area contributed by atoms with Crippen LogP contribution in [0.25, 0.3) is 5.69 Å². The van der Waals surface area contributed by atoms with Gasteiger partial charge in [-0.3, -0.25) is 4.79 Å². The lowest BCUT2D eigenvalue weighted by atomic mass is 10.2. The Balaban J connectivity index is 1.98. The quantitative estimate of drug-likeness (QED) is 0.633. The van der Waals surface area contributed by atoms with E-state index in [0.717, 1.165) is 4.31 Å². The minimum absolute atomic E-state index is 0.0309. The number of anilines is 1. The Morgan fingerprint density at radius 1 is 1.10 bits per heavy atom. The highest BCUT2D eigenvalue weighted by Gasteiger charge is 2.21. The number of rotatable bonds is 5. The fraction of sp³-hybridized carbons (Fsp3) is 0.158. The molecule has 0 atom stereocenters. The molecule has 1 N–H and O–H groups in total. The normalized spacial score (nSPS) is 11.7. The number of carbonyl (C=O) groups excluding carboxylic acids is 1. The van der Waals surface area contributed by atoms with Crippen molar-refractivity contribution in [1.82, 2.24) is 14.1 Å². The van der Waals surface area contributed by atoms with Gasteiger partial charge < -0.3 is 5.32 Å². The third-order valence-corrected chi connectivity index (χ3v) is 6.46. The number of nitrogens with zero attached hydrogens (tertiary/aromatic N) is 3. The van der Waals surface area contributed by atoms with E-state index in [1.165, 1.54) is 37.0 Å². The van der Waals surface area contributed by atoms with Crippen LogP contribution in [0.5, 0.6) is 0 Å². The molecular weight excluding hydrogens is 435 g/mol. The molecule has 0 radical (unpaired) electrons. The van der Waals surface area contributed by atoms with Crippen LogP contribution in [0, 0.1) is 6.92 Å². The molecule has 0 fully saturated rings. The lowest BCUT2D eigenvalue weighted by molar-refractivity contribution is 0.102. The molecule has 152 valence electrons. The third-order valence-electron chi connectivity index (χ3n) is 4.09. The molecule has 1 aromatic heterocycles. The van der Waals surface area contributed by atoms with Crippen molar-refractivity contribution < 1.29 is 13.2 Å². The van der Waals surface area contributed by atoms with E-state index in [4.69, 9.17) is 23.2 Å². The molecule has 29 heavy (non-hydrogen) atoms. The first kappa shape index (κ1) is 21.3. The van der Waals surface area contributed by atoms with Gasteiger partial charge >= 0.3 is 0 Å². The van der Waals surface area contributed by atoms with E-state index < -0.39 is 15.9 Å². The number of sulfonamides is 1. The summed E-state index contributed by atoms with van der Waals surface area (Å²) in [5.41, 5.74) is 1.37. The molecule has 0 unspecified atom stereocenters. The second-order valence-corrected chi connectivity index (χ2v) is 9.44. The fourth-order valence-electron chi connectivity index (χ4n) is 2.63. The van der Waals surface area contributed by atoms with E-state index in [9.17, 15) is 13.2 Å². The summed E-state index contributed by atoms with van der Waals surface area (Å²) < 4.78 is 27.4. The monoisotopic (exact) mass is 452 g/mol. The Bertz CT molecular complexity index is 1190. The Hall–Kier alpha value is -2.39. The van der Waals surface area contributed by atoms with Crippen LogP contribution in [0.3, 0.4) is 0 Å². The molecular formula is C19H18Cl2N4O3S. The van der Waals surface area contributed by atoms with Crippen LogP contribution >= 0.6 is 23.2 Å². The highest BCUT2D eigenvalue weighted by Crippen LogP contribution is 2.25. The summed E-state index contributed by atoms with van der Waals surface area (Å²) in [5, 5.41) is 7.77. The molecule has 0 aliphatic rings. The Labute approximate surface area is 178 Å². The highest BCUT2D eigenvalue weighted by atomic mass is 35.5. The largest absolute Gasteiger partial charge is 0.306 e. The summed E-state index contributed by atoms with van der Waals surface area (Å²) in [6.45, 7) is 1.79. The Kier molecular flexibility index (Phi) is 6.00. The van der Waals surface area contributed by atoms with Gasteiger partial charge in [-0.05, 0) is 43.3 Å². The summed E-state index contributed by atoms with van der Waals surface area (Å²) >= 11 is 12.2. The first-order valence-corrected chi connectivity index (χ1v) is 10.7. The minimum Gasteiger partial charge on any atom is -0.306 e. The zero-order valence-corrected chi connectivity index (χ0v) is 18.2. The lowest BCUT2D eigenvalue weighted by Crippen LogP contribution is -2.23. The average molecular weight is 453 g/mol. The number of halogens is 2. The summed E-state index contributed by atoms with van der Waals surface area (Å²) in [6, 6.07) is 12.7. The van der Waals surface area contributed by atoms with Crippen molar-refractivity contribution in [2.45, 2.75) is 11.8 Å². The molecule has 0 aliphatic heterocycles.